The van der Waals surface area contributed by atoms with E-state index in [4.69, 9.17) is 4.74 Å². The molecule has 1 fully saturated rings. The second-order valence-corrected chi connectivity index (χ2v) is 4.79. The van der Waals surface area contributed by atoms with Crippen LogP contribution in [0.5, 0.6) is 0 Å². The molecule has 1 rings (SSSR count). The quantitative estimate of drug-likeness (QED) is 0.726. The van der Waals surface area contributed by atoms with Crippen molar-refractivity contribution in [2.75, 3.05) is 13.7 Å². The second kappa shape index (κ2) is 6.11. The molecule has 0 radical (unpaired) electrons. The molecule has 3 nitrogen and oxygen atoms in total. The average molecular weight is 213 g/mol. The van der Waals surface area contributed by atoms with Gasteiger partial charge < -0.3 is 10.1 Å². The summed E-state index contributed by atoms with van der Waals surface area (Å²) in [7, 11) is 1.45. The van der Waals surface area contributed by atoms with Crippen LogP contribution in [0.1, 0.15) is 39.5 Å². The first-order valence-electron chi connectivity index (χ1n) is 5.94. The summed E-state index contributed by atoms with van der Waals surface area (Å²) >= 11 is 0. The van der Waals surface area contributed by atoms with Gasteiger partial charge in [-0.1, -0.05) is 13.8 Å². The number of nitrogens with one attached hydrogen (secondary N) is 1. The standard InChI is InChI=1S/C12H23NO2/c1-9-4-6-11(7-5-9)13-8-10(2)12(14)15-3/h9-11,13H,4-8H2,1-3H3. The molecular formula is C12H23NO2. The van der Waals surface area contributed by atoms with Crippen molar-refractivity contribution in [1.29, 1.82) is 0 Å². The van der Waals surface area contributed by atoms with Gasteiger partial charge in [0, 0.05) is 12.6 Å². The number of carbonyl (C=O) groups excluding carboxylic acids is 1. The second-order valence-electron chi connectivity index (χ2n) is 4.79. The number of rotatable bonds is 4. The Kier molecular flexibility index (Phi) is 5.09. The number of esters is 1. The van der Waals surface area contributed by atoms with Crippen molar-refractivity contribution in [3.05, 3.63) is 0 Å². The van der Waals surface area contributed by atoms with Crippen LogP contribution >= 0.6 is 0 Å². The van der Waals surface area contributed by atoms with E-state index in [1.54, 1.807) is 0 Å². The maximum absolute atomic E-state index is 11.2. The Morgan fingerprint density at radius 1 is 1.40 bits per heavy atom. The van der Waals surface area contributed by atoms with Gasteiger partial charge in [0.15, 0.2) is 0 Å². The first-order valence-corrected chi connectivity index (χ1v) is 5.94. The summed E-state index contributed by atoms with van der Waals surface area (Å²) in [4.78, 5) is 11.2. The Hall–Kier alpha value is -0.570. The minimum atomic E-state index is -0.119. The summed E-state index contributed by atoms with van der Waals surface area (Å²) in [6.07, 6.45) is 5.11. The Morgan fingerprint density at radius 3 is 2.53 bits per heavy atom. The Balaban J connectivity index is 2.17. The Labute approximate surface area is 92.6 Å². The van der Waals surface area contributed by atoms with Crippen LogP contribution < -0.4 is 5.32 Å². The van der Waals surface area contributed by atoms with Crippen molar-refractivity contribution < 1.29 is 9.53 Å². The van der Waals surface area contributed by atoms with Crippen LogP contribution in [-0.4, -0.2) is 25.7 Å². The zero-order chi connectivity index (χ0) is 11.3. The van der Waals surface area contributed by atoms with E-state index in [1.165, 1.54) is 32.8 Å². The van der Waals surface area contributed by atoms with E-state index < -0.39 is 0 Å². The van der Waals surface area contributed by atoms with Crippen molar-refractivity contribution in [2.45, 2.75) is 45.6 Å². The number of methoxy groups -OCH3 is 1. The maximum atomic E-state index is 11.2. The fourth-order valence-corrected chi connectivity index (χ4v) is 2.09. The van der Waals surface area contributed by atoms with Crippen molar-refractivity contribution >= 4 is 5.97 Å². The molecule has 0 bridgehead atoms. The number of ether oxygens (including phenoxy) is 1. The van der Waals surface area contributed by atoms with E-state index >= 15 is 0 Å². The number of hydrogen-bond acceptors (Lipinski definition) is 3. The van der Waals surface area contributed by atoms with E-state index in [9.17, 15) is 4.79 Å². The van der Waals surface area contributed by atoms with E-state index in [0.29, 0.717) is 6.04 Å². The molecule has 0 aromatic carbocycles. The first-order chi connectivity index (χ1) is 7.13. The molecule has 0 heterocycles. The van der Waals surface area contributed by atoms with E-state index in [0.717, 1.165) is 12.5 Å². The molecule has 0 aromatic heterocycles. The summed E-state index contributed by atoms with van der Waals surface area (Å²) < 4.78 is 4.69. The van der Waals surface area contributed by atoms with Gasteiger partial charge in [0.05, 0.1) is 13.0 Å². The van der Waals surface area contributed by atoms with Gasteiger partial charge in [-0.2, -0.15) is 0 Å². The zero-order valence-corrected chi connectivity index (χ0v) is 10.1. The molecule has 1 atom stereocenters. The number of carbonyl (C=O) groups is 1. The molecule has 0 spiro atoms. The van der Waals surface area contributed by atoms with Gasteiger partial charge in [-0.15, -0.1) is 0 Å². The molecule has 3 heteroatoms. The fraction of sp³-hybridized carbons (Fsp3) is 0.917. The van der Waals surface area contributed by atoms with Crippen molar-refractivity contribution in [3.63, 3.8) is 0 Å². The summed E-state index contributed by atoms with van der Waals surface area (Å²) in [5, 5.41) is 3.46. The minimum absolute atomic E-state index is 0.0330. The topological polar surface area (TPSA) is 38.3 Å². The first kappa shape index (κ1) is 12.5. The molecule has 1 unspecified atom stereocenters. The predicted octanol–water partition coefficient (Wildman–Crippen LogP) is 1.96. The van der Waals surface area contributed by atoms with Gasteiger partial charge in [-0.3, -0.25) is 4.79 Å². The summed E-state index contributed by atoms with van der Waals surface area (Å²) in [6.45, 7) is 4.96. The van der Waals surface area contributed by atoms with Gasteiger partial charge in [-0.05, 0) is 31.6 Å². The third kappa shape index (κ3) is 4.20. The van der Waals surface area contributed by atoms with Gasteiger partial charge in [-0.25, -0.2) is 0 Å². The zero-order valence-electron chi connectivity index (χ0n) is 10.1. The summed E-state index contributed by atoms with van der Waals surface area (Å²) in [5.41, 5.74) is 0. The average Bonchev–Trinajstić information content (AvgIpc) is 2.26. The molecule has 15 heavy (non-hydrogen) atoms. The van der Waals surface area contributed by atoms with E-state index in [-0.39, 0.29) is 11.9 Å². The summed E-state index contributed by atoms with van der Waals surface area (Å²) in [5.74, 6) is 0.724. The van der Waals surface area contributed by atoms with Crippen LogP contribution in [0.4, 0.5) is 0 Å². The van der Waals surface area contributed by atoms with Gasteiger partial charge in [0.1, 0.15) is 0 Å². The monoisotopic (exact) mass is 213 g/mol. The lowest BCUT2D eigenvalue weighted by atomic mass is 9.87. The molecule has 1 N–H and O–H groups in total. The molecule has 0 aliphatic heterocycles. The highest BCUT2D eigenvalue weighted by molar-refractivity contribution is 5.72. The maximum Gasteiger partial charge on any atom is 0.309 e. The van der Waals surface area contributed by atoms with Crippen LogP contribution in [0.2, 0.25) is 0 Å². The lowest BCUT2D eigenvalue weighted by Gasteiger charge is -2.27. The van der Waals surface area contributed by atoms with Gasteiger partial charge >= 0.3 is 5.97 Å². The molecule has 0 saturated heterocycles. The fourth-order valence-electron chi connectivity index (χ4n) is 2.09. The molecule has 1 aliphatic rings. The largest absolute Gasteiger partial charge is 0.469 e. The van der Waals surface area contributed by atoms with Crippen LogP contribution in [-0.2, 0) is 9.53 Å². The van der Waals surface area contributed by atoms with Crippen LogP contribution in [0.3, 0.4) is 0 Å². The third-order valence-corrected chi connectivity index (χ3v) is 3.33. The predicted molar refractivity (Wildman–Crippen MR) is 60.6 cm³/mol. The molecule has 1 saturated carbocycles. The van der Waals surface area contributed by atoms with Gasteiger partial charge in [0.2, 0.25) is 0 Å². The third-order valence-electron chi connectivity index (χ3n) is 3.33. The van der Waals surface area contributed by atoms with Crippen molar-refractivity contribution in [3.8, 4) is 0 Å². The molecule has 0 amide bonds. The molecular weight excluding hydrogens is 190 g/mol. The smallest absolute Gasteiger partial charge is 0.309 e. The molecule has 88 valence electrons. The Bertz CT molecular complexity index is 198. The summed E-state index contributed by atoms with van der Waals surface area (Å²) in [6, 6.07) is 0.605. The van der Waals surface area contributed by atoms with E-state index in [1.807, 2.05) is 6.92 Å². The molecule has 1 aliphatic carbocycles. The van der Waals surface area contributed by atoms with Crippen LogP contribution in [0.25, 0.3) is 0 Å². The van der Waals surface area contributed by atoms with Crippen molar-refractivity contribution in [1.82, 2.24) is 5.32 Å². The normalized spacial score (nSPS) is 28.5. The van der Waals surface area contributed by atoms with Crippen LogP contribution in [0.15, 0.2) is 0 Å². The highest BCUT2D eigenvalue weighted by atomic mass is 16.5. The van der Waals surface area contributed by atoms with Crippen LogP contribution in [0, 0.1) is 11.8 Å². The molecule has 0 aromatic rings. The minimum Gasteiger partial charge on any atom is -0.469 e. The highest BCUT2D eigenvalue weighted by Crippen LogP contribution is 2.23. The lowest BCUT2D eigenvalue weighted by Crippen LogP contribution is -2.37. The lowest BCUT2D eigenvalue weighted by molar-refractivity contribution is -0.144. The van der Waals surface area contributed by atoms with E-state index in [2.05, 4.69) is 12.2 Å². The SMILES string of the molecule is COC(=O)C(C)CNC1CCC(C)CC1. The highest BCUT2D eigenvalue weighted by Gasteiger charge is 2.19. The van der Waals surface area contributed by atoms with Crippen molar-refractivity contribution in [2.24, 2.45) is 11.8 Å². The Morgan fingerprint density at radius 2 is 2.00 bits per heavy atom. The van der Waals surface area contributed by atoms with Gasteiger partial charge in [0.25, 0.3) is 0 Å². The number of hydrogen-bond donors (Lipinski definition) is 1.